The molecule has 3 heteroatoms. The van der Waals surface area contributed by atoms with Crippen molar-refractivity contribution in [3.8, 4) is 0 Å². The molecule has 16 heavy (non-hydrogen) atoms. The lowest BCUT2D eigenvalue weighted by molar-refractivity contribution is 0.0697. The summed E-state index contributed by atoms with van der Waals surface area (Å²) < 4.78 is 0. The van der Waals surface area contributed by atoms with Crippen molar-refractivity contribution in [3.05, 3.63) is 41.5 Å². The Balaban J connectivity index is 2.83. The predicted molar refractivity (Wildman–Crippen MR) is 63.5 cm³/mol. The van der Waals surface area contributed by atoms with Gasteiger partial charge in [-0.3, -0.25) is 0 Å². The van der Waals surface area contributed by atoms with E-state index in [-0.39, 0.29) is 11.3 Å². The minimum absolute atomic E-state index is 0.150. The van der Waals surface area contributed by atoms with Crippen LogP contribution < -0.4 is 0 Å². The molecule has 0 amide bonds. The first-order valence-corrected chi connectivity index (χ1v) is 5.38. The van der Waals surface area contributed by atoms with Crippen LogP contribution in [0.4, 0.5) is 0 Å². The van der Waals surface area contributed by atoms with Gasteiger partial charge in [0.05, 0.1) is 5.56 Å². The smallest absolute Gasteiger partial charge is 0.335 e. The molecule has 3 nitrogen and oxygen atoms in total. The zero-order valence-corrected chi connectivity index (χ0v) is 9.31. The molecule has 0 radical (unpaired) electrons. The fraction of sp³-hybridized carbons (Fsp3) is 0.308. The monoisotopic (exact) mass is 220 g/mol. The quantitative estimate of drug-likeness (QED) is 0.590. The van der Waals surface area contributed by atoms with Gasteiger partial charge in [0.2, 0.25) is 0 Å². The topological polar surface area (TPSA) is 57.5 Å². The van der Waals surface area contributed by atoms with Crippen LogP contribution in [0.15, 0.2) is 30.3 Å². The van der Waals surface area contributed by atoms with Gasteiger partial charge in [0.15, 0.2) is 0 Å². The van der Waals surface area contributed by atoms with Gasteiger partial charge >= 0.3 is 5.97 Å². The van der Waals surface area contributed by atoms with Gasteiger partial charge in [-0.15, -0.1) is 0 Å². The highest BCUT2D eigenvalue weighted by Gasteiger charge is 2.05. The lowest BCUT2D eigenvalue weighted by Crippen LogP contribution is -1.96. The molecule has 1 rings (SSSR count). The second-order valence-corrected chi connectivity index (χ2v) is 3.62. The first-order valence-electron chi connectivity index (χ1n) is 5.38. The molecule has 0 atom stereocenters. The molecule has 2 N–H and O–H groups in total. The van der Waals surface area contributed by atoms with E-state index in [1.165, 1.54) is 12.1 Å². The van der Waals surface area contributed by atoms with Gasteiger partial charge in [0.25, 0.3) is 0 Å². The number of carboxylic acids is 1. The van der Waals surface area contributed by atoms with Crippen molar-refractivity contribution < 1.29 is 15.0 Å². The summed E-state index contributed by atoms with van der Waals surface area (Å²) in [5.74, 6) is -0.834. The Morgan fingerprint density at radius 2 is 2.00 bits per heavy atom. The molecule has 0 fully saturated rings. The van der Waals surface area contributed by atoms with Crippen LogP contribution in [-0.4, -0.2) is 16.2 Å². The first kappa shape index (κ1) is 12.3. The van der Waals surface area contributed by atoms with Crippen LogP contribution in [0.3, 0.4) is 0 Å². The van der Waals surface area contributed by atoms with Crippen molar-refractivity contribution in [1.82, 2.24) is 0 Å². The van der Waals surface area contributed by atoms with Gasteiger partial charge in [0, 0.05) is 5.56 Å². The SMILES string of the molecule is CCCCC=C(O)c1cccc(C(=O)O)c1. The Morgan fingerprint density at radius 3 is 2.62 bits per heavy atom. The number of rotatable bonds is 5. The average Bonchev–Trinajstić information content (AvgIpc) is 2.29. The van der Waals surface area contributed by atoms with Crippen molar-refractivity contribution in [2.75, 3.05) is 0 Å². The van der Waals surface area contributed by atoms with Gasteiger partial charge in [-0.2, -0.15) is 0 Å². The Hall–Kier alpha value is -1.77. The van der Waals surface area contributed by atoms with Crippen LogP contribution >= 0.6 is 0 Å². The normalized spacial score (nSPS) is 11.4. The third-order valence-electron chi connectivity index (χ3n) is 2.30. The third-order valence-corrected chi connectivity index (χ3v) is 2.30. The van der Waals surface area contributed by atoms with Gasteiger partial charge in [-0.05, 0) is 31.1 Å². The molecule has 1 aromatic rings. The number of hydrogen-bond acceptors (Lipinski definition) is 2. The second-order valence-electron chi connectivity index (χ2n) is 3.62. The summed E-state index contributed by atoms with van der Waals surface area (Å²) >= 11 is 0. The molecule has 86 valence electrons. The Morgan fingerprint density at radius 1 is 1.31 bits per heavy atom. The largest absolute Gasteiger partial charge is 0.508 e. The number of aromatic carboxylic acids is 1. The highest BCUT2D eigenvalue weighted by molar-refractivity contribution is 5.88. The summed E-state index contributed by atoms with van der Waals surface area (Å²) in [5, 5.41) is 18.5. The molecular weight excluding hydrogens is 204 g/mol. The number of unbranched alkanes of at least 4 members (excludes halogenated alkanes) is 2. The van der Waals surface area contributed by atoms with Gasteiger partial charge in [0.1, 0.15) is 5.76 Å². The fourth-order valence-corrected chi connectivity index (χ4v) is 1.37. The molecular formula is C13H16O3. The van der Waals surface area contributed by atoms with E-state index in [1.807, 2.05) is 0 Å². The van der Waals surface area contributed by atoms with Crippen LogP contribution in [0.1, 0.15) is 42.1 Å². The van der Waals surface area contributed by atoms with Crippen molar-refractivity contribution >= 4 is 11.7 Å². The summed E-state index contributed by atoms with van der Waals surface area (Å²) in [6.07, 6.45) is 4.62. The number of hydrogen-bond donors (Lipinski definition) is 2. The number of benzene rings is 1. The predicted octanol–water partition coefficient (Wildman–Crippen LogP) is 3.47. The second kappa shape index (κ2) is 5.95. The fourth-order valence-electron chi connectivity index (χ4n) is 1.37. The average molecular weight is 220 g/mol. The van der Waals surface area contributed by atoms with Crippen LogP contribution in [0.2, 0.25) is 0 Å². The van der Waals surface area contributed by atoms with E-state index in [0.717, 1.165) is 19.3 Å². The first-order chi connectivity index (χ1) is 7.65. The summed E-state index contributed by atoms with van der Waals surface area (Å²) in [7, 11) is 0. The summed E-state index contributed by atoms with van der Waals surface area (Å²) in [4.78, 5) is 10.7. The Bertz CT molecular complexity index is 394. The minimum Gasteiger partial charge on any atom is -0.508 e. The number of carbonyl (C=O) groups is 1. The molecule has 1 aromatic carbocycles. The van der Waals surface area contributed by atoms with E-state index in [1.54, 1.807) is 18.2 Å². The maximum atomic E-state index is 10.7. The third kappa shape index (κ3) is 3.42. The van der Waals surface area contributed by atoms with E-state index in [0.29, 0.717) is 5.56 Å². The van der Waals surface area contributed by atoms with Crippen LogP contribution in [0, 0.1) is 0 Å². The number of carboxylic acid groups (broad SMARTS) is 1. The van der Waals surface area contributed by atoms with Gasteiger partial charge in [-0.25, -0.2) is 4.79 Å². The zero-order chi connectivity index (χ0) is 12.0. The molecule has 0 bridgehead atoms. The molecule has 0 saturated heterocycles. The molecule has 0 saturated carbocycles. The summed E-state index contributed by atoms with van der Waals surface area (Å²) in [5.41, 5.74) is 0.740. The number of aliphatic hydroxyl groups excluding tert-OH is 1. The van der Waals surface area contributed by atoms with Gasteiger partial charge < -0.3 is 10.2 Å². The number of allylic oxidation sites excluding steroid dienone is 1. The van der Waals surface area contributed by atoms with Crippen molar-refractivity contribution in [2.24, 2.45) is 0 Å². The molecule has 0 aliphatic heterocycles. The maximum Gasteiger partial charge on any atom is 0.335 e. The van der Waals surface area contributed by atoms with E-state index in [9.17, 15) is 9.90 Å². The number of aliphatic hydroxyl groups is 1. The maximum absolute atomic E-state index is 10.7. The van der Waals surface area contributed by atoms with Crippen LogP contribution in [0.5, 0.6) is 0 Å². The van der Waals surface area contributed by atoms with E-state index in [4.69, 9.17) is 5.11 Å². The van der Waals surface area contributed by atoms with E-state index < -0.39 is 5.97 Å². The highest BCUT2D eigenvalue weighted by atomic mass is 16.4. The Kier molecular flexibility index (Phi) is 4.58. The molecule has 0 aliphatic carbocycles. The highest BCUT2D eigenvalue weighted by Crippen LogP contribution is 2.14. The minimum atomic E-state index is -0.983. The summed E-state index contributed by atoms with van der Waals surface area (Å²) in [6.45, 7) is 2.08. The molecule has 0 unspecified atom stereocenters. The summed E-state index contributed by atoms with van der Waals surface area (Å²) in [6, 6.07) is 6.30. The molecule has 0 aromatic heterocycles. The molecule has 0 spiro atoms. The Labute approximate surface area is 95.0 Å². The van der Waals surface area contributed by atoms with Crippen LogP contribution in [-0.2, 0) is 0 Å². The zero-order valence-electron chi connectivity index (χ0n) is 9.31. The lowest BCUT2D eigenvalue weighted by atomic mass is 10.1. The van der Waals surface area contributed by atoms with Crippen molar-refractivity contribution in [1.29, 1.82) is 0 Å². The van der Waals surface area contributed by atoms with Crippen LogP contribution in [0.25, 0.3) is 5.76 Å². The molecule has 0 aliphatic rings. The standard InChI is InChI=1S/C13H16O3/c1-2-3-4-8-12(14)10-6-5-7-11(9-10)13(15)16/h5-9,14H,2-4H2,1H3,(H,15,16). The van der Waals surface area contributed by atoms with Crippen molar-refractivity contribution in [2.45, 2.75) is 26.2 Å². The van der Waals surface area contributed by atoms with E-state index in [2.05, 4.69) is 6.92 Å². The molecule has 0 heterocycles. The van der Waals surface area contributed by atoms with Crippen molar-refractivity contribution in [3.63, 3.8) is 0 Å². The van der Waals surface area contributed by atoms with E-state index >= 15 is 0 Å². The van der Waals surface area contributed by atoms with Gasteiger partial charge in [-0.1, -0.05) is 25.5 Å². The lowest BCUT2D eigenvalue weighted by Gasteiger charge is -2.02.